The number of aliphatic hydroxyl groups excluding tert-OH is 1. The number of nitrogens with one attached hydrogen (secondary N) is 1. The molecule has 0 bridgehead atoms. The molecule has 1 saturated carbocycles. The van der Waals surface area contributed by atoms with Crippen molar-refractivity contribution < 1.29 is 18.3 Å². The van der Waals surface area contributed by atoms with Crippen LogP contribution in [0.5, 0.6) is 0 Å². The summed E-state index contributed by atoms with van der Waals surface area (Å²) in [5.74, 6) is -0.436. The van der Waals surface area contributed by atoms with E-state index in [0.29, 0.717) is 13.0 Å². The van der Waals surface area contributed by atoms with Gasteiger partial charge in [0.25, 0.3) is 0 Å². The van der Waals surface area contributed by atoms with E-state index in [1.807, 2.05) is 0 Å². The Morgan fingerprint density at radius 3 is 2.48 bits per heavy atom. The van der Waals surface area contributed by atoms with E-state index in [9.17, 15) is 13.2 Å². The standard InChI is InChI=1S/C15H21NO4S/c17-10-9-15(7-8-15)12-16-14(18)6-11-21(19,20)13-4-2-1-3-5-13/h1-5,17H,6-12H2,(H,16,18). The molecule has 0 aromatic heterocycles. The number of sulfone groups is 1. The van der Waals surface area contributed by atoms with Crippen LogP contribution < -0.4 is 5.32 Å². The highest BCUT2D eigenvalue weighted by Gasteiger charge is 2.41. The number of hydrogen-bond acceptors (Lipinski definition) is 4. The van der Waals surface area contributed by atoms with E-state index in [1.165, 1.54) is 12.1 Å². The van der Waals surface area contributed by atoms with Crippen LogP contribution in [-0.2, 0) is 14.6 Å². The monoisotopic (exact) mass is 311 g/mol. The van der Waals surface area contributed by atoms with Gasteiger partial charge in [0.1, 0.15) is 0 Å². The van der Waals surface area contributed by atoms with E-state index in [2.05, 4.69) is 5.32 Å². The van der Waals surface area contributed by atoms with Crippen LogP contribution in [0.4, 0.5) is 0 Å². The second-order valence-electron chi connectivity index (χ2n) is 5.63. The molecule has 5 nitrogen and oxygen atoms in total. The first kappa shape index (κ1) is 16.0. The molecule has 0 aliphatic heterocycles. The van der Waals surface area contributed by atoms with Gasteiger partial charge in [-0.15, -0.1) is 0 Å². The van der Waals surface area contributed by atoms with Gasteiger partial charge in [-0.25, -0.2) is 8.42 Å². The predicted octanol–water partition coefficient (Wildman–Crippen LogP) is 1.13. The largest absolute Gasteiger partial charge is 0.396 e. The zero-order chi connectivity index (χ0) is 15.3. The molecule has 6 heteroatoms. The zero-order valence-corrected chi connectivity index (χ0v) is 12.7. The maximum Gasteiger partial charge on any atom is 0.221 e. The van der Waals surface area contributed by atoms with Crippen molar-refractivity contribution in [2.45, 2.75) is 30.6 Å². The highest BCUT2D eigenvalue weighted by molar-refractivity contribution is 7.91. The number of amides is 1. The van der Waals surface area contributed by atoms with Crippen molar-refractivity contribution in [3.05, 3.63) is 30.3 Å². The molecule has 1 aliphatic carbocycles. The number of rotatable bonds is 8. The van der Waals surface area contributed by atoms with Gasteiger partial charge in [-0.1, -0.05) is 18.2 Å². The summed E-state index contributed by atoms with van der Waals surface area (Å²) in [4.78, 5) is 12.0. The summed E-state index contributed by atoms with van der Waals surface area (Å²) in [5, 5.41) is 11.7. The summed E-state index contributed by atoms with van der Waals surface area (Å²) in [7, 11) is -3.40. The molecule has 0 saturated heterocycles. The van der Waals surface area contributed by atoms with Gasteiger partial charge in [-0.2, -0.15) is 0 Å². The third-order valence-corrected chi connectivity index (χ3v) is 5.69. The molecule has 0 spiro atoms. The van der Waals surface area contributed by atoms with Gasteiger partial charge in [-0.05, 0) is 36.8 Å². The van der Waals surface area contributed by atoms with Crippen molar-refractivity contribution in [2.75, 3.05) is 18.9 Å². The Hall–Kier alpha value is -1.40. The van der Waals surface area contributed by atoms with Gasteiger partial charge in [-0.3, -0.25) is 4.79 Å². The lowest BCUT2D eigenvalue weighted by atomic mass is 10.0. The smallest absolute Gasteiger partial charge is 0.221 e. The second kappa shape index (κ2) is 6.58. The summed E-state index contributed by atoms with van der Waals surface area (Å²) >= 11 is 0. The van der Waals surface area contributed by atoms with E-state index < -0.39 is 9.84 Å². The Morgan fingerprint density at radius 1 is 1.24 bits per heavy atom. The van der Waals surface area contributed by atoms with E-state index in [-0.39, 0.29) is 35.0 Å². The fraction of sp³-hybridized carbons (Fsp3) is 0.533. The van der Waals surface area contributed by atoms with Gasteiger partial charge >= 0.3 is 0 Å². The molecule has 1 aromatic carbocycles. The first-order valence-electron chi connectivity index (χ1n) is 7.13. The van der Waals surface area contributed by atoms with E-state index >= 15 is 0 Å². The van der Waals surface area contributed by atoms with Gasteiger partial charge in [0.2, 0.25) is 5.91 Å². The van der Waals surface area contributed by atoms with Crippen molar-refractivity contribution in [1.29, 1.82) is 0 Å². The number of benzene rings is 1. The number of hydrogen-bond donors (Lipinski definition) is 2. The average molecular weight is 311 g/mol. The molecule has 0 unspecified atom stereocenters. The van der Waals surface area contributed by atoms with Gasteiger partial charge in [0.05, 0.1) is 10.6 Å². The van der Waals surface area contributed by atoms with E-state index in [0.717, 1.165) is 12.8 Å². The third kappa shape index (κ3) is 4.54. The topological polar surface area (TPSA) is 83.5 Å². The second-order valence-corrected chi connectivity index (χ2v) is 7.74. The lowest BCUT2D eigenvalue weighted by molar-refractivity contribution is -0.121. The van der Waals surface area contributed by atoms with Gasteiger partial charge in [0, 0.05) is 19.6 Å². The van der Waals surface area contributed by atoms with Crippen LogP contribution in [0.3, 0.4) is 0 Å². The van der Waals surface area contributed by atoms with Crippen molar-refractivity contribution >= 4 is 15.7 Å². The maximum absolute atomic E-state index is 12.0. The van der Waals surface area contributed by atoms with Gasteiger partial charge < -0.3 is 10.4 Å². The molecular weight excluding hydrogens is 290 g/mol. The minimum Gasteiger partial charge on any atom is -0.396 e. The van der Waals surface area contributed by atoms with Crippen molar-refractivity contribution in [3.63, 3.8) is 0 Å². The molecule has 0 atom stereocenters. The SMILES string of the molecule is O=C(CCS(=O)(=O)c1ccccc1)NCC1(CCO)CC1. The first-order chi connectivity index (χ1) is 9.97. The lowest BCUT2D eigenvalue weighted by Crippen LogP contribution is -2.31. The van der Waals surface area contributed by atoms with Crippen molar-refractivity contribution in [1.82, 2.24) is 5.32 Å². The number of aliphatic hydroxyl groups is 1. The molecule has 0 radical (unpaired) electrons. The molecule has 1 amide bonds. The summed E-state index contributed by atoms with van der Waals surface area (Å²) < 4.78 is 24.1. The van der Waals surface area contributed by atoms with Crippen LogP contribution >= 0.6 is 0 Å². The lowest BCUT2D eigenvalue weighted by Gasteiger charge is -2.14. The molecule has 2 N–H and O–H groups in total. The fourth-order valence-corrected chi connectivity index (χ4v) is 3.54. The highest BCUT2D eigenvalue weighted by atomic mass is 32.2. The van der Waals surface area contributed by atoms with Gasteiger partial charge in [0.15, 0.2) is 9.84 Å². The van der Waals surface area contributed by atoms with Crippen molar-refractivity contribution in [2.24, 2.45) is 5.41 Å². The fourth-order valence-electron chi connectivity index (χ4n) is 2.28. The highest BCUT2D eigenvalue weighted by Crippen LogP contribution is 2.47. The number of carbonyl (C=O) groups excluding carboxylic acids is 1. The molecule has 1 fully saturated rings. The Labute approximate surface area is 125 Å². The van der Waals surface area contributed by atoms with Crippen LogP contribution in [-0.4, -0.2) is 38.3 Å². The Balaban J connectivity index is 1.79. The van der Waals surface area contributed by atoms with Crippen LogP contribution in [0.25, 0.3) is 0 Å². The normalized spacial score (nSPS) is 16.4. The molecule has 116 valence electrons. The van der Waals surface area contributed by atoms with Crippen LogP contribution in [0.15, 0.2) is 35.2 Å². The minimum atomic E-state index is -3.40. The predicted molar refractivity (Wildman–Crippen MR) is 79.5 cm³/mol. The van der Waals surface area contributed by atoms with Crippen molar-refractivity contribution in [3.8, 4) is 0 Å². The van der Waals surface area contributed by atoms with E-state index in [1.54, 1.807) is 18.2 Å². The molecule has 1 aliphatic rings. The quantitative estimate of drug-likeness (QED) is 0.754. The molecule has 21 heavy (non-hydrogen) atoms. The summed E-state index contributed by atoms with van der Waals surface area (Å²) in [6.45, 7) is 0.649. The first-order valence-corrected chi connectivity index (χ1v) is 8.78. The number of carbonyl (C=O) groups is 1. The molecule has 0 heterocycles. The van der Waals surface area contributed by atoms with Crippen LogP contribution in [0.1, 0.15) is 25.7 Å². The maximum atomic E-state index is 12.0. The summed E-state index contributed by atoms with van der Waals surface area (Å²) in [6.07, 6.45) is 2.67. The summed E-state index contributed by atoms with van der Waals surface area (Å²) in [6, 6.07) is 8.15. The average Bonchev–Trinajstić information content (AvgIpc) is 3.25. The Morgan fingerprint density at radius 2 is 1.90 bits per heavy atom. The summed E-state index contributed by atoms with van der Waals surface area (Å²) in [5.41, 5.74) is 0.0444. The van der Waals surface area contributed by atoms with Crippen LogP contribution in [0, 0.1) is 5.41 Å². The van der Waals surface area contributed by atoms with E-state index in [4.69, 9.17) is 5.11 Å². The van der Waals surface area contributed by atoms with Crippen LogP contribution in [0.2, 0.25) is 0 Å². The Kier molecular flexibility index (Phi) is 5.00. The molecular formula is C15H21NO4S. The third-order valence-electron chi connectivity index (χ3n) is 3.96. The molecule has 1 aromatic rings. The Bertz CT molecular complexity index is 579. The minimum absolute atomic E-state index is 0.0353. The molecule has 2 rings (SSSR count). The zero-order valence-electron chi connectivity index (χ0n) is 11.9.